The normalized spacial score (nSPS) is 20.3. The number of carbonyl (C=O) groups excluding carboxylic acids is 1. The second kappa shape index (κ2) is 9.94. The summed E-state index contributed by atoms with van der Waals surface area (Å²) in [6, 6.07) is 22.9. The Hall–Kier alpha value is -3.25. The Labute approximate surface area is 199 Å². The number of hydrogen-bond acceptors (Lipinski definition) is 2. The Balaban J connectivity index is 1.51. The minimum atomic E-state index is -0.909. The Kier molecular flexibility index (Phi) is 6.98. The summed E-state index contributed by atoms with van der Waals surface area (Å²) in [6.45, 7) is 2.89. The van der Waals surface area contributed by atoms with E-state index < -0.39 is 17.0 Å². The minimum Gasteiger partial charge on any atom is -0.493 e. The predicted octanol–water partition coefficient (Wildman–Crippen LogP) is 4.67. The van der Waals surface area contributed by atoms with Gasteiger partial charge in [-0.3, -0.25) is 4.79 Å². The molecule has 1 saturated heterocycles. The molecule has 0 bridgehead atoms. The number of amides is 1. The van der Waals surface area contributed by atoms with Crippen LogP contribution in [0.3, 0.4) is 0 Å². The zero-order valence-electron chi connectivity index (χ0n) is 19.4. The fourth-order valence-corrected chi connectivity index (χ4v) is 5.51. The molecule has 0 saturated carbocycles. The van der Waals surface area contributed by atoms with E-state index in [2.05, 4.69) is 7.05 Å². The minimum absolute atomic E-state index is 0.0398. The van der Waals surface area contributed by atoms with Crippen LogP contribution in [0.15, 0.2) is 78.9 Å². The molecule has 34 heavy (non-hydrogen) atoms. The van der Waals surface area contributed by atoms with E-state index in [-0.39, 0.29) is 17.6 Å². The number of benzene rings is 3. The molecule has 6 heteroatoms. The summed E-state index contributed by atoms with van der Waals surface area (Å²) in [5.41, 5.74) is 7.12. The molecule has 178 valence electrons. The van der Waals surface area contributed by atoms with Crippen LogP contribution in [0.5, 0.6) is 5.75 Å². The molecule has 0 radical (unpaired) electrons. The van der Waals surface area contributed by atoms with Crippen molar-refractivity contribution >= 4 is 5.91 Å². The fraction of sp³-hybridized carbons (Fsp3) is 0.321. The number of carbonyl (C=O) groups is 1. The van der Waals surface area contributed by atoms with Gasteiger partial charge < -0.3 is 15.0 Å². The highest BCUT2D eigenvalue weighted by Crippen LogP contribution is 2.45. The van der Waals surface area contributed by atoms with Crippen LogP contribution >= 0.6 is 0 Å². The van der Waals surface area contributed by atoms with Crippen LogP contribution in [0, 0.1) is 17.6 Å². The van der Waals surface area contributed by atoms with Crippen molar-refractivity contribution in [2.45, 2.75) is 18.3 Å². The van der Waals surface area contributed by atoms with E-state index in [4.69, 9.17) is 10.5 Å². The van der Waals surface area contributed by atoms with E-state index in [1.54, 1.807) is 0 Å². The lowest BCUT2D eigenvalue weighted by Crippen LogP contribution is -2.51. The van der Waals surface area contributed by atoms with Crippen LogP contribution in [-0.4, -0.2) is 43.7 Å². The first-order chi connectivity index (χ1) is 16.3. The lowest BCUT2D eigenvalue weighted by Gasteiger charge is -2.38. The maximum Gasteiger partial charge on any atom is 0.233 e. The summed E-state index contributed by atoms with van der Waals surface area (Å²) in [4.78, 5) is 13.2. The Bertz CT molecular complexity index is 1060. The SMILES string of the molecule is C[N+]1(CCCOc2cc(F)cc(F)c2)CC[C@@H](C(C(N)=O)(c2ccccc2)c2ccccc2)C1. The quantitative estimate of drug-likeness (QED) is 0.369. The van der Waals surface area contributed by atoms with Crippen LogP contribution in [0.4, 0.5) is 8.78 Å². The molecule has 0 aromatic heterocycles. The van der Waals surface area contributed by atoms with E-state index in [1.165, 1.54) is 12.1 Å². The number of ether oxygens (including phenoxy) is 1. The number of hydrogen-bond donors (Lipinski definition) is 1. The van der Waals surface area contributed by atoms with Crippen molar-refractivity contribution in [3.8, 4) is 5.75 Å². The number of rotatable bonds is 9. The number of likely N-dealkylation sites (tertiary alicyclic amines) is 1. The van der Waals surface area contributed by atoms with Crippen LogP contribution in [-0.2, 0) is 10.2 Å². The number of quaternary nitrogens is 1. The average Bonchev–Trinajstić information content (AvgIpc) is 3.20. The highest BCUT2D eigenvalue weighted by atomic mass is 19.1. The van der Waals surface area contributed by atoms with Crippen molar-refractivity contribution in [1.29, 1.82) is 0 Å². The van der Waals surface area contributed by atoms with E-state index >= 15 is 0 Å². The van der Waals surface area contributed by atoms with Gasteiger partial charge in [0.25, 0.3) is 0 Å². The Morgan fingerprint density at radius 1 is 1.00 bits per heavy atom. The Morgan fingerprint density at radius 3 is 2.09 bits per heavy atom. The summed E-state index contributed by atoms with van der Waals surface area (Å²) in [6.07, 6.45) is 1.58. The third kappa shape index (κ3) is 4.82. The summed E-state index contributed by atoms with van der Waals surface area (Å²) in [7, 11) is 2.18. The van der Waals surface area contributed by atoms with Gasteiger partial charge in [-0.25, -0.2) is 8.78 Å². The van der Waals surface area contributed by atoms with Crippen molar-refractivity contribution in [1.82, 2.24) is 0 Å². The molecule has 4 rings (SSSR count). The molecule has 2 atom stereocenters. The molecule has 1 fully saturated rings. The van der Waals surface area contributed by atoms with Crippen molar-refractivity contribution in [2.24, 2.45) is 11.7 Å². The summed E-state index contributed by atoms with van der Waals surface area (Å²) < 4.78 is 33.1. The number of nitrogens with two attached hydrogens (primary N) is 1. The van der Waals surface area contributed by atoms with Gasteiger partial charge in [0.1, 0.15) is 22.8 Å². The largest absolute Gasteiger partial charge is 0.493 e. The maximum absolute atomic E-state index is 13.4. The lowest BCUT2D eigenvalue weighted by atomic mass is 9.64. The van der Waals surface area contributed by atoms with Crippen LogP contribution in [0.1, 0.15) is 24.0 Å². The molecular weight excluding hydrogens is 434 g/mol. The topological polar surface area (TPSA) is 52.3 Å². The monoisotopic (exact) mass is 465 g/mol. The van der Waals surface area contributed by atoms with Gasteiger partial charge in [0.15, 0.2) is 0 Å². The highest BCUT2D eigenvalue weighted by Gasteiger charge is 2.53. The number of primary amides is 1. The van der Waals surface area contributed by atoms with Gasteiger partial charge in [0.2, 0.25) is 5.91 Å². The predicted molar refractivity (Wildman–Crippen MR) is 128 cm³/mol. The number of nitrogens with zero attached hydrogens (tertiary/aromatic N) is 1. The molecule has 1 aliphatic heterocycles. The molecule has 0 aliphatic carbocycles. The maximum atomic E-state index is 13.4. The molecule has 4 nitrogen and oxygen atoms in total. The lowest BCUT2D eigenvalue weighted by molar-refractivity contribution is -0.899. The van der Waals surface area contributed by atoms with Gasteiger partial charge in [0.05, 0.1) is 33.3 Å². The smallest absolute Gasteiger partial charge is 0.233 e. The molecular formula is C28H31F2N2O2+. The van der Waals surface area contributed by atoms with Gasteiger partial charge in [-0.1, -0.05) is 60.7 Å². The summed E-state index contributed by atoms with van der Waals surface area (Å²) in [5.74, 6) is -1.40. The van der Waals surface area contributed by atoms with Crippen molar-refractivity contribution in [2.75, 3.05) is 33.3 Å². The van der Waals surface area contributed by atoms with E-state index in [0.29, 0.717) is 6.61 Å². The van der Waals surface area contributed by atoms with E-state index in [0.717, 1.165) is 54.2 Å². The average molecular weight is 466 g/mol. The van der Waals surface area contributed by atoms with Crippen molar-refractivity contribution < 1.29 is 22.8 Å². The van der Waals surface area contributed by atoms with Crippen molar-refractivity contribution in [3.63, 3.8) is 0 Å². The Morgan fingerprint density at radius 2 is 1.56 bits per heavy atom. The first kappa shape index (κ1) is 23.9. The third-order valence-corrected chi connectivity index (χ3v) is 7.08. The summed E-state index contributed by atoms with van der Waals surface area (Å²) >= 11 is 0. The third-order valence-electron chi connectivity index (χ3n) is 7.08. The van der Waals surface area contributed by atoms with Gasteiger partial charge in [-0.15, -0.1) is 0 Å². The first-order valence-electron chi connectivity index (χ1n) is 11.7. The van der Waals surface area contributed by atoms with Gasteiger partial charge in [-0.05, 0) is 11.1 Å². The second-order valence-electron chi connectivity index (χ2n) is 9.45. The van der Waals surface area contributed by atoms with E-state index in [1.807, 2.05) is 60.7 Å². The molecule has 3 aromatic rings. The van der Waals surface area contributed by atoms with Crippen LogP contribution < -0.4 is 10.5 Å². The fourth-order valence-electron chi connectivity index (χ4n) is 5.51. The van der Waals surface area contributed by atoms with Crippen molar-refractivity contribution in [3.05, 3.63) is 102 Å². The van der Waals surface area contributed by atoms with Gasteiger partial charge in [0, 0.05) is 37.0 Å². The zero-order chi connectivity index (χ0) is 24.2. The standard InChI is InChI=1S/C28H30F2N2O2/c1-32(14-8-16-34-26-18-24(29)17-25(30)19-26)15-13-23(20-32)28(27(31)33,21-9-4-2-5-10-21)22-11-6-3-7-12-22/h2-7,9-12,17-19,23H,8,13-16,20H2,1H3,(H-,31,33)/p+1/t23-,32?/m1/s1. The molecule has 0 spiro atoms. The van der Waals surface area contributed by atoms with Crippen LogP contribution in [0.25, 0.3) is 0 Å². The zero-order valence-corrected chi connectivity index (χ0v) is 19.4. The van der Waals surface area contributed by atoms with Crippen LogP contribution in [0.2, 0.25) is 0 Å². The van der Waals surface area contributed by atoms with Gasteiger partial charge >= 0.3 is 0 Å². The second-order valence-corrected chi connectivity index (χ2v) is 9.45. The van der Waals surface area contributed by atoms with Gasteiger partial charge in [-0.2, -0.15) is 0 Å². The highest BCUT2D eigenvalue weighted by molar-refractivity contribution is 5.91. The van der Waals surface area contributed by atoms with E-state index in [9.17, 15) is 13.6 Å². The number of halogens is 2. The first-order valence-corrected chi connectivity index (χ1v) is 11.7. The molecule has 2 N–H and O–H groups in total. The molecule has 1 heterocycles. The molecule has 3 aromatic carbocycles. The molecule has 1 unspecified atom stereocenters. The summed E-state index contributed by atoms with van der Waals surface area (Å²) in [5, 5.41) is 0. The molecule has 1 aliphatic rings. The molecule has 1 amide bonds.